The van der Waals surface area contributed by atoms with Gasteiger partial charge in [-0.05, 0) is 30.6 Å². The lowest BCUT2D eigenvalue weighted by Crippen LogP contribution is -2.44. The molecule has 1 atom stereocenters. The van der Waals surface area contributed by atoms with E-state index in [4.69, 9.17) is 8.94 Å². The van der Waals surface area contributed by atoms with E-state index in [0.717, 1.165) is 19.6 Å². The number of halogens is 1. The second-order valence-electron chi connectivity index (χ2n) is 5.75. The molecule has 1 saturated heterocycles. The molecule has 0 bridgehead atoms. The number of hydrogen-bond donors (Lipinski definition) is 2. The molecule has 138 valence electrons. The molecule has 1 unspecified atom stereocenters. The number of aromatic nitrogens is 2. The van der Waals surface area contributed by atoms with Crippen LogP contribution >= 0.6 is 23.7 Å². The van der Waals surface area contributed by atoms with E-state index < -0.39 is 0 Å². The molecule has 0 aromatic carbocycles. The molecule has 3 aromatic heterocycles. The van der Waals surface area contributed by atoms with Crippen LogP contribution in [0.15, 0.2) is 38.8 Å². The van der Waals surface area contributed by atoms with E-state index in [9.17, 15) is 4.79 Å². The van der Waals surface area contributed by atoms with E-state index in [2.05, 4.69) is 25.7 Å². The highest BCUT2D eigenvalue weighted by molar-refractivity contribution is 7.15. The van der Waals surface area contributed by atoms with Gasteiger partial charge in [-0.2, -0.15) is 4.98 Å². The first-order chi connectivity index (χ1) is 12.2. The zero-order valence-electron chi connectivity index (χ0n) is 14.0. The van der Waals surface area contributed by atoms with Crippen LogP contribution < -0.4 is 10.6 Å². The quantitative estimate of drug-likeness (QED) is 0.700. The van der Waals surface area contributed by atoms with E-state index in [1.165, 1.54) is 17.6 Å². The maximum atomic E-state index is 12.2. The van der Waals surface area contributed by atoms with Gasteiger partial charge in [0.2, 0.25) is 0 Å². The van der Waals surface area contributed by atoms with Gasteiger partial charge in [0.15, 0.2) is 11.6 Å². The summed E-state index contributed by atoms with van der Waals surface area (Å²) in [5, 5.41) is 12.8. The average molecular weight is 396 g/mol. The van der Waals surface area contributed by atoms with E-state index >= 15 is 0 Å². The number of amides is 1. The predicted molar refractivity (Wildman–Crippen MR) is 99.8 cm³/mol. The second kappa shape index (κ2) is 8.00. The number of hydrogen-bond acceptors (Lipinski definition) is 8. The van der Waals surface area contributed by atoms with Crippen LogP contribution in [-0.2, 0) is 0 Å². The standard InChI is InChI=1S/C16H17N5O3S.ClH/c1-21-6-5-17-9-11(21)13-18-15(24-20-13)10-4-8-25-16(10)19-14(22)12-3-2-7-23-12;/h2-4,7-8,11,17H,5-6,9H2,1H3,(H,19,22);1H. The lowest BCUT2D eigenvalue weighted by molar-refractivity contribution is 0.0997. The third kappa shape index (κ3) is 3.65. The summed E-state index contributed by atoms with van der Waals surface area (Å²) in [5.74, 6) is 0.967. The molecule has 8 nitrogen and oxygen atoms in total. The van der Waals surface area contributed by atoms with Crippen LogP contribution in [0.2, 0.25) is 0 Å². The van der Waals surface area contributed by atoms with E-state index in [-0.39, 0.29) is 30.1 Å². The molecule has 4 rings (SSSR count). The minimum absolute atomic E-state index is 0. The van der Waals surface area contributed by atoms with E-state index in [1.807, 2.05) is 18.5 Å². The minimum Gasteiger partial charge on any atom is -0.459 e. The number of thiophene rings is 1. The molecule has 3 aromatic rings. The molecule has 1 aliphatic rings. The molecule has 10 heteroatoms. The number of nitrogens with zero attached hydrogens (tertiary/aromatic N) is 3. The van der Waals surface area contributed by atoms with Gasteiger partial charge in [0.05, 0.1) is 17.9 Å². The van der Waals surface area contributed by atoms with Crippen LogP contribution in [0, 0.1) is 0 Å². The fourth-order valence-corrected chi connectivity index (χ4v) is 3.49. The highest BCUT2D eigenvalue weighted by Crippen LogP contribution is 2.33. The van der Waals surface area contributed by atoms with Crippen LogP contribution in [0.25, 0.3) is 11.5 Å². The molecule has 1 aliphatic heterocycles. The molecular formula is C16H18ClN5O3S. The van der Waals surface area contributed by atoms with Crippen molar-refractivity contribution in [3.63, 3.8) is 0 Å². The number of furan rings is 1. The largest absolute Gasteiger partial charge is 0.459 e. The number of carbonyl (C=O) groups excluding carboxylic acids is 1. The van der Waals surface area contributed by atoms with Gasteiger partial charge < -0.3 is 19.6 Å². The normalized spacial score (nSPS) is 17.7. The predicted octanol–water partition coefficient (Wildman–Crippen LogP) is 2.64. The number of carbonyl (C=O) groups is 1. The first-order valence-electron chi connectivity index (χ1n) is 7.89. The average Bonchev–Trinajstić information content (AvgIpc) is 3.36. The van der Waals surface area contributed by atoms with Gasteiger partial charge in [0.25, 0.3) is 11.8 Å². The fraction of sp³-hybridized carbons (Fsp3) is 0.312. The van der Waals surface area contributed by atoms with Crippen molar-refractivity contribution in [3.8, 4) is 11.5 Å². The Hall–Kier alpha value is -2.20. The van der Waals surface area contributed by atoms with Crippen molar-refractivity contribution in [1.82, 2.24) is 20.4 Å². The maximum Gasteiger partial charge on any atom is 0.291 e. The van der Waals surface area contributed by atoms with Crippen molar-refractivity contribution in [2.45, 2.75) is 6.04 Å². The summed E-state index contributed by atoms with van der Waals surface area (Å²) in [6, 6.07) is 5.21. The summed E-state index contributed by atoms with van der Waals surface area (Å²) >= 11 is 1.39. The van der Waals surface area contributed by atoms with Crippen molar-refractivity contribution >= 4 is 34.7 Å². The summed E-state index contributed by atoms with van der Waals surface area (Å²) in [6.07, 6.45) is 1.46. The van der Waals surface area contributed by atoms with Gasteiger partial charge in [0.1, 0.15) is 5.00 Å². The molecule has 0 aliphatic carbocycles. The third-order valence-electron chi connectivity index (χ3n) is 4.12. The highest BCUT2D eigenvalue weighted by atomic mass is 35.5. The summed E-state index contributed by atoms with van der Waals surface area (Å²) in [5.41, 5.74) is 0.704. The Balaban J connectivity index is 0.00000196. The molecule has 1 fully saturated rings. The Kier molecular flexibility index (Phi) is 5.72. The second-order valence-corrected chi connectivity index (χ2v) is 6.67. The number of likely N-dealkylation sites (N-methyl/N-ethyl adjacent to an activating group) is 1. The van der Waals surface area contributed by atoms with Crippen molar-refractivity contribution in [2.75, 3.05) is 32.0 Å². The van der Waals surface area contributed by atoms with Gasteiger partial charge in [-0.15, -0.1) is 23.7 Å². The first-order valence-corrected chi connectivity index (χ1v) is 8.77. The zero-order valence-corrected chi connectivity index (χ0v) is 15.6. The van der Waals surface area contributed by atoms with Gasteiger partial charge in [-0.1, -0.05) is 5.16 Å². The zero-order chi connectivity index (χ0) is 17.2. The first kappa shape index (κ1) is 18.6. The number of rotatable bonds is 4. The van der Waals surface area contributed by atoms with Crippen molar-refractivity contribution < 1.29 is 13.7 Å². The fourth-order valence-electron chi connectivity index (χ4n) is 2.72. The minimum atomic E-state index is -0.315. The molecule has 0 saturated carbocycles. The topological polar surface area (TPSA) is 96.4 Å². The van der Waals surface area contributed by atoms with Crippen molar-refractivity contribution in [1.29, 1.82) is 0 Å². The molecule has 2 N–H and O–H groups in total. The van der Waals surface area contributed by atoms with Gasteiger partial charge in [-0.3, -0.25) is 9.69 Å². The summed E-state index contributed by atoms with van der Waals surface area (Å²) in [6.45, 7) is 2.66. The Bertz CT molecular complexity index is 863. The molecule has 26 heavy (non-hydrogen) atoms. The van der Waals surface area contributed by atoms with Gasteiger partial charge in [-0.25, -0.2) is 0 Å². The smallest absolute Gasteiger partial charge is 0.291 e. The SMILES string of the molecule is CN1CCNCC1c1noc(-c2ccsc2NC(=O)c2ccco2)n1.Cl. The van der Waals surface area contributed by atoms with Crippen LogP contribution in [0.3, 0.4) is 0 Å². The van der Waals surface area contributed by atoms with Crippen molar-refractivity contribution in [2.24, 2.45) is 0 Å². The van der Waals surface area contributed by atoms with Crippen LogP contribution in [0.5, 0.6) is 0 Å². The molecule has 4 heterocycles. The summed E-state index contributed by atoms with van der Waals surface area (Å²) < 4.78 is 10.6. The van der Waals surface area contributed by atoms with Gasteiger partial charge >= 0.3 is 0 Å². The van der Waals surface area contributed by atoms with Gasteiger partial charge in [0, 0.05) is 19.6 Å². The monoisotopic (exact) mass is 395 g/mol. The molecule has 1 amide bonds. The Morgan fingerprint density at radius 2 is 2.35 bits per heavy atom. The molecule has 0 spiro atoms. The third-order valence-corrected chi connectivity index (χ3v) is 4.95. The van der Waals surface area contributed by atoms with E-state index in [0.29, 0.717) is 22.3 Å². The molecular weight excluding hydrogens is 378 g/mol. The summed E-state index contributed by atoms with van der Waals surface area (Å²) in [7, 11) is 2.04. The van der Waals surface area contributed by atoms with Crippen LogP contribution in [0.1, 0.15) is 22.4 Å². The number of anilines is 1. The lowest BCUT2D eigenvalue weighted by atomic mass is 10.2. The van der Waals surface area contributed by atoms with Crippen LogP contribution in [0.4, 0.5) is 5.00 Å². The van der Waals surface area contributed by atoms with Crippen molar-refractivity contribution in [3.05, 3.63) is 41.4 Å². The Morgan fingerprint density at radius 3 is 3.12 bits per heavy atom. The Morgan fingerprint density at radius 1 is 1.46 bits per heavy atom. The number of piperazine rings is 1. The lowest BCUT2D eigenvalue weighted by Gasteiger charge is -2.30. The highest BCUT2D eigenvalue weighted by Gasteiger charge is 2.26. The Labute approximate surface area is 160 Å². The maximum absolute atomic E-state index is 12.2. The van der Waals surface area contributed by atoms with Crippen LogP contribution in [-0.4, -0.2) is 47.6 Å². The summed E-state index contributed by atoms with van der Waals surface area (Å²) in [4.78, 5) is 18.9. The number of nitrogens with one attached hydrogen (secondary N) is 2. The molecule has 0 radical (unpaired) electrons. The van der Waals surface area contributed by atoms with E-state index in [1.54, 1.807) is 12.1 Å².